The maximum atomic E-state index is 10.6. The Labute approximate surface area is 129 Å². The molecule has 0 amide bonds. The van der Waals surface area contributed by atoms with Gasteiger partial charge in [-0.05, 0) is 63.6 Å². The van der Waals surface area contributed by atoms with Gasteiger partial charge in [0, 0.05) is 6.04 Å². The van der Waals surface area contributed by atoms with Gasteiger partial charge in [-0.15, -0.1) is 0 Å². The topological polar surface area (TPSA) is 23.5 Å². The maximum absolute atomic E-state index is 10.6. The van der Waals surface area contributed by atoms with Gasteiger partial charge in [0.05, 0.1) is 6.10 Å². The highest BCUT2D eigenvalue weighted by Crippen LogP contribution is 2.46. The molecule has 1 saturated carbocycles. The van der Waals surface area contributed by atoms with Crippen LogP contribution in [0.3, 0.4) is 0 Å². The fourth-order valence-electron chi connectivity index (χ4n) is 4.27. The minimum Gasteiger partial charge on any atom is -0.387 e. The molecule has 0 radical (unpaired) electrons. The van der Waals surface area contributed by atoms with E-state index < -0.39 is 0 Å². The second-order valence-corrected chi connectivity index (χ2v) is 7.34. The van der Waals surface area contributed by atoms with Crippen LogP contribution in [-0.4, -0.2) is 29.1 Å². The highest BCUT2D eigenvalue weighted by molar-refractivity contribution is 5.24. The average molecular weight is 287 g/mol. The predicted octanol–water partition coefficient (Wildman–Crippen LogP) is 4.07. The summed E-state index contributed by atoms with van der Waals surface area (Å²) in [5, 5.41) is 10.6. The molecule has 0 aromatic heterocycles. The minimum atomic E-state index is -0.372. The molecule has 2 atom stereocenters. The van der Waals surface area contributed by atoms with E-state index in [1.54, 1.807) is 0 Å². The van der Waals surface area contributed by atoms with E-state index in [0.717, 1.165) is 18.7 Å². The van der Waals surface area contributed by atoms with Crippen molar-refractivity contribution in [3.63, 3.8) is 0 Å². The molecular weight excluding hydrogens is 258 g/mol. The van der Waals surface area contributed by atoms with E-state index in [1.807, 2.05) is 0 Å². The highest BCUT2D eigenvalue weighted by atomic mass is 16.3. The van der Waals surface area contributed by atoms with Gasteiger partial charge in [-0.1, -0.05) is 42.7 Å². The van der Waals surface area contributed by atoms with Crippen LogP contribution in [0.2, 0.25) is 0 Å². The fourth-order valence-corrected chi connectivity index (χ4v) is 4.27. The van der Waals surface area contributed by atoms with Crippen LogP contribution in [-0.2, 0) is 0 Å². The molecule has 2 unspecified atom stereocenters. The van der Waals surface area contributed by atoms with Gasteiger partial charge in [-0.3, -0.25) is 4.90 Å². The smallest absolute Gasteiger partial charge is 0.0942 e. The average Bonchev–Trinajstić information content (AvgIpc) is 2.96. The lowest BCUT2D eigenvalue weighted by molar-refractivity contribution is 0.0162. The van der Waals surface area contributed by atoms with Crippen molar-refractivity contribution in [2.75, 3.05) is 13.1 Å². The fraction of sp³-hybridized carbons (Fsp3) is 0.684. The standard InChI is InChI=1S/C19H29NO/c1-15-5-7-17(8-6-15)18(21)16(2)20-13-11-19(12-14-20)9-3-4-10-19/h5-8,16,18,21H,3-4,9-14H2,1-2H3. The Morgan fingerprint density at radius 2 is 1.57 bits per heavy atom. The number of benzene rings is 1. The predicted molar refractivity (Wildman–Crippen MR) is 87.3 cm³/mol. The molecule has 2 fully saturated rings. The van der Waals surface area contributed by atoms with Gasteiger partial charge in [0.2, 0.25) is 0 Å². The first-order valence-corrected chi connectivity index (χ1v) is 8.58. The van der Waals surface area contributed by atoms with Crippen molar-refractivity contribution in [3.05, 3.63) is 35.4 Å². The van der Waals surface area contributed by atoms with Crippen molar-refractivity contribution >= 4 is 0 Å². The summed E-state index contributed by atoms with van der Waals surface area (Å²) in [4.78, 5) is 2.49. The number of aliphatic hydroxyl groups is 1. The molecule has 21 heavy (non-hydrogen) atoms. The quantitative estimate of drug-likeness (QED) is 0.905. The zero-order valence-electron chi connectivity index (χ0n) is 13.5. The van der Waals surface area contributed by atoms with Crippen molar-refractivity contribution in [3.8, 4) is 0 Å². The number of hydrogen-bond acceptors (Lipinski definition) is 2. The Morgan fingerprint density at radius 3 is 2.14 bits per heavy atom. The Balaban J connectivity index is 1.60. The third kappa shape index (κ3) is 3.17. The molecule has 1 saturated heterocycles. The lowest BCUT2D eigenvalue weighted by atomic mass is 9.76. The van der Waals surface area contributed by atoms with Gasteiger partial charge in [-0.2, -0.15) is 0 Å². The number of rotatable bonds is 3. The molecule has 2 aliphatic rings. The minimum absolute atomic E-state index is 0.214. The summed E-state index contributed by atoms with van der Waals surface area (Å²) in [5.74, 6) is 0. The van der Waals surface area contributed by atoms with Gasteiger partial charge in [-0.25, -0.2) is 0 Å². The van der Waals surface area contributed by atoms with E-state index in [9.17, 15) is 5.11 Å². The lowest BCUT2D eigenvalue weighted by Crippen LogP contribution is -2.45. The molecule has 1 spiro atoms. The molecule has 0 bridgehead atoms. The number of likely N-dealkylation sites (tertiary alicyclic amines) is 1. The molecule has 1 aliphatic heterocycles. The van der Waals surface area contributed by atoms with Crippen LogP contribution >= 0.6 is 0 Å². The lowest BCUT2D eigenvalue weighted by Gasteiger charge is -2.43. The van der Waals surface area contributed by atoms with E-state index in [0.29, 0.717) is 5.41 Å². The summed E-state index contributed by atoms with van der Waals surface area (Å²) < 4.78 is 0. The first-order valence-electron chi connectivity index (χ1n) is 8.58. The molecule has 1 aliphatic carbocycles. The van der Waals surface area contributed by atoms with Crippen molar-refractivity contribution in [1.82, 2.24) is 4.90 Å². The monoisotopic (exact) mass is 287 g/mol. The van der Waals surface area contributed by atoms with Crippen LogP contribution < -0.4 is 0 Å². The molecule has 1 heterocycles. The van der Waals surface area contributed by atoms with Crippen LogP contribution in [0.5, 0.6) is 0 Å². The number of hydrogen-bond donors (Lipinski definition) is 1. The van der Waals surface area contributed by atoms with Crippen molar-refractivity contribution in [2.24, 2.45) is 5.41 Å². The second kappa shape index (κ2) is 6.10. The molecular formula is C19H29NO. The highest BCUT2D eigenvalue weighted by Gasteiger charge is 2.38. The Kier molecular flexibility index (Phi) is 4.37. The maximum Gasteiger partial charge on any atom is 0.0942 e. The SMILES string of the molecule is Cc1ccc(C(O)C(C)N2CCC3(CCCC3)CC2)cc1. The number of aliphatic hydroxyl groups excluding tert-OH is 1. The number of aryl methyl sites for hydroxylation is 1. The summed E-state index contributed by atoms with van der Waals surface area (Å²) in [7, 11) is 0. The summed E-state index contributed by atoms with van der Waals surface area (Å²) in [6.07, 6.45) is 8.04. The summed E-state index contributed by atoms with van der Waals surface area (Å²) in [5.41, 5.74) is 2.96. The largest absolute Gasteiger partial charge is 0.387 e. The normalized spacial score (nSPS) is 25.1. The molecule has 2 heteroatoms. The molecule has 1 aromatic rings. The van der Waals surface area contributed by atoms with E-state index in [4.69, 9.17) is 0 Å². The van der Waals surface area contributed by atoms with Crippen molar-refractivity contribution in [1.29, 1.82) is 0 Å². The Hall–Kier alpha value is -0.860. The van der Waals surface area contributed by atoms with Crippen molar-refractivity contribution in [2.45, 2.75) is 64.5 Å². The van der Waals surface area contributed by atoms with Crippen LogP contribution in [0.4, 0.5) is 0 Å². The van der Waals surface area contributed by atoms with Crippen molar-refractivity contribution < 1.29 is 5.11 Å². The van der Waals surface area contributed by atoms with Crippen LogP contribution in [0.1, 0.15) is 62.7 Å². The zero-order chi connectivity index (χ0) is 14.9. The third-order valence-electron chi connectivity index (χ3n) is 5.97. The first kappa shape index (κ1) is 15.1. The third-order valence-corrected chi connectivity index (χ3v) is 5.97. The summed E-state index contributed by atoms with van der Waals surface area (Å²) >= 11 is 0. The van der Waals surface area contributed by atoms with Gasteiger partial charge >= 0.3 is 0 Å². The molecule has 3 rings (SSSR count). The second-order valence-electron chi connectivity index (χ2n) is 7.34. The number of nitrogens with zero attached hydrogens (tertiary/aromatic N) is 1. The van der Waals surface area contributed by atoms with Gasteiger partial charge in [0.25, 0.3) is 0 Å². The van der Waals surface area contributed by atoms with E-state index in [2.05, 4.69) is 43.0 Å². The Morgan fingerprint density at radius 1 is 1.00 bits per heavy atom. The Bertz CT molecular complexity index is 451. The number of piperidine rings is 1. The molecule has 1 N–H and O–H groups in total. The van der Waals surface area contributed by atoms with E-state index in [1.165, 1.54) is 44.1 Å². The van der Waals surface area contributed by atoms with Crippen LogP contribution in [0.15, 0.2) is 24.3 Å². The molecule has 1 aromatic carbocycles. The first-order chi connectivity index (χ1) is 10.1. The van der Waals surface area contributed by atoms with Crippen LogP contribution in [0, 0.1) is 12.3 Å². The van der Waals surface area contributed by atoms with Crippen LogP contribution in [0.25, 0.3) is 0 Å². The van der Waals surface area contributed by atoms with Gasteiger partial charge < -0.3 is 5.11 Å². The van der Waals surface area contributed by atoms with E-state index >= 15 is 0 Å². The van der Waals surface area contributed by atoms with E-state index in [-0.39, 0.29) is 12.1 Å². The molecule has 116 valence electrons. The summed E-state index contributed by atoms with van der Waals surface area (Å²) in [6.45, 7) is 6.58. The van der Waals surface area contributed by atoms with Gasteiger partial charge in [0.15, 0.2) is 0 Å². The summed E-state index contributed by atoms with van der Waals surface area (Å²) in [6, 6.07) is 8.54. The molecule has 2 nitrogen and oxygen atoms in total. The zero-order valence-corrected chi connectivity index (χ0v) is 13.5. The van der Waals surface area contributed by atoms with Gasteiger partial charge in [0.1, 0.15) is 0 Å².